The molecule has 4 unspecified atom stereocenters. The number of aromatic nitrogens is 2. The number of benzene rings is 1. The molecule has 0 amide bonds. The first kappa shape index (κ1) is 15.8. The van der Waals surface area contributed by atoms with Crippen molar-refractivity contribution in [2.24, 2.45) is 0 Å². The summed E-state index contributed by atoms with van der Waals surface area (Å²) in [5, 5.41) is 42.4. The van der Waals surface area contributed by atoms with E-state index in [0.29, 0.717) is 16.6 Å². The molecule has 1 aliphatic heterocycles. The predicted octanol–water partition coefficient (Wildman–Crippen LogP) is -1.86. The maximum Gasteiger partial charge on any atom is 0.258 e. The summed E-state index contributed by atoms with van der Waals surface area (Å²) in [6, 6.07) is 4.83. The van der Waals surface area contributed by atoms with E-state index in [4.69, 9.17) is 4.74 Å². The van der Waals surface area contributed by atoms with Gasteiger partial charge < -0.3 is 35.5 Å². The van der Waals surface area contributed by atoms with Crippen LogP contribution >= 0.6 is 0 Å². The molecule has 1 aromatic carbocycles. The van der Waals surface area contributed by atoms with Crippen LogP contribution in [-0.4, -0.2) is 67.6 Å². The number of hydrogen-bond donors (Lipinski definition) is 6. The summed E-state index contributed by atoms with van der Waals surface area (Å²) in [6.07, 6.45) is -3.15. The highest BCUT2D eigenvalue weighted by Crippen LogP contribution is 2.25. The molecule has 23 heavy (non-hydrogen) atoms. The van der Waals surface area contributed by atoms with Gasteiger partial charge in [0.25, 0.3) is 5.56 Å². The van der Waals surface area contributed by atoms with Crippen molar-refractivity contribution < 1.29 is 25.2 Å². The summed E-state index contributed by atoms with van der Waals surface area (Å²) in [4.78, 5) is 18.2. The Balaban J connectivity index is 1.78. The first-order chi connectivity index (χ1) is 10.9. The summed E-state index contributed by atoms with van der Waals surface area (Å²) >= 11 is 0. The Hall–Kier alpha value is -2.04. The third kappa shape index (κ3) is 2.92. The van der Waals surface area contributed by atoms with Gasteiger partial charge in [-0.05, 0) is 18.2 Å². The van der Waals surface area contributed by atoms with Crippen LogP contribution in [0.2, 0.25) is 0 Å². The Morgan fingerprint density at radius 2 is 2.17 bits per heavy atom. The zero-order chi connectivity index (χ0) is 16.6. The minimum Gasteiger partial charge on any atom is -0.388 e. The van der Waals surface area contributed by atoms with E-state index < -0.39 is 24.1 Å². The van der Waals surface area contributed by atoms with Gasteiger partial charge in [-0.3, -0.25) is 4.79 Å². The lowest BCUT2D eigenvalue weighted by molar-refractivity contribution is -0.313. The molecule has 2 aromatic rings. The Morgan fingerprint density at radius 3 is 2.96 bits per heavy atom. The molecule has 0 radical (unpaired) electrons. The predicted molar refractivity (Wildman–Crippen MR) is 79.8 cm³/mol. The molecule has 0 bridgehead atoms. The SMILES string of the molecule is O=c1[nH]cnc2ccc(NCC3(O)OCC(O)C(O)C3O)cc12. The highest BCUT2D eigenvalue weighted by molar-refractivity contribution is 5.81. The summed E-state index contributed by atoms with van der Waals surface area (Å²) in [5.41, 5.74) is 0.719. The van der Waals surface area contributed by atoms with E-state index >= 15 is 0 Å². The third-order valence-corrected chi connectivity index (χ3v) is 3.87. The van der Waals surface area contributed by atoms with E-state index in [-0.39, 0.29) is 18.7 Å². The topological polar surface area (TPSA) is 148 Å². The van der Waals surface area contributed by atoms with Crippen molar-refractivity contribution in [1.29, 1.82) is 0 Å². The largest absolute Gasteiger partial charge is 0.388 e. The fourth-order valence-corrected chi connectivity index (χ4v) is 2.45. The Kier molecular flexibility index (Phi) is 4.04. The van der Waals surface area contributed by atoms with Crippen molar-refractivity contribution >= 4 is 16.6 Å². The van der Waals surface area contributed by atoms with Crippen molar-refractivity contribution in [2.45, 2.75) is 24.1 Å². The first-order valence-electron chi connectivity index (χ1n) is 7.02. The minimum atomic E-state index is -2.06. The number of rotatable bonds is 3. The van der Waals surface area contributed by atoms with Crippen molar-refractivity contribution in [3.05, 3.63) is 34.9 Å². The molecule has 1 aromatic heterocycles. The van der Waals surface area contributed by atoms with Gasteiger partial charge in [-0.1, -0.05) is 0 Å². The van der Waals surface area contributed by atoms with Crippen molar-refractivity contribution in [3.63, 3.8) is 0 Å². The average molecular weight is 323 g/mol. The molecule has 1 saturated heterocycles. The van der Waals surface area contributed by atoms with Gasteiger partial charge in [0.2, 0.25) is 5.79 Å². The Bertz CT molecular complexity index is 766. The van der Waals surface area contributed by atoms with Gasteiger partial charge in [0.15, 0.2) is 0 Å². The molecule has 0 aliphatic carbocycles. The van der Waals surface area contributed by atoms with E-state index in [9.17, 15) is 25.2 Å². The Labute approximate surface area is 130 Å². The number of ether oxygens (including phenoxy) is 1. The third-order valence-electron chi connectivity index (χ3n) is 3.87. The summed E-state index contributed by atoms with van der Waals surface area (Å²) in [5.74, 6) is -2.06. The number of aromatic amines is 1. The maximum atomic E-state index is 11.7. The molecule has 9 nitrogen and oxygen atoms in total. The van der Waals surface area contributed by atoms with Crippen molar-refractivity contribution in [1.82, 2.24) is 9.97 Å². The van der Waals surface area contributed by atoms with E-state index in [1.165, 1.54) is 6.33 Å². The number of aliphatic hydroxyl groups is 4. The molecule has 0 spiro atoms. The molecule has 2 heterocycles. The summed E-state index contributed by atoms with van der Waals surface area (Å²) in [6.45, 7) is -0.556. The molecule has 1 fully saturated rings. The molecular formula is C14H17N3O6. The van der Waals surface area contributed by atoms with E-state index in [2.05, 4.69) is 15.3 Å². The number of nitrogens with zero attached hydrogens (tertiary/aromatic N) is 1. The molecule has 1 aliphatic rings. The normalized spacial score (nSPS) is 31.2. The number of nitrogens with one attached hydrogen (secondary N) is 2. The van der Waals surface area contributed by atoms with E-state index in [0.717, 1.165) is 0 Å². The lowest BCUT2D eigenvalue weighted by atomic mass is 9.97. The second-order valence-electron chi connectivity index (χ2n) is 5.48. The highest BCUT2D eigenvalue weighted by atomic mass is 16.6. The van der Waals surface area contributed by atoms with E-state index in [1.54, 1.807) is 18.2 Å². The van der Waals surface area contributed by atoms with Crippen molar-refractivity contribution in [3.8, 4) is 0 Å². The van der Waals surface area contributed by atoms with Crippen LogP contribution in [0.25, 0.3) is 10.9 Å². The fraction of sp³-hybridized carbons (Fsp3) is 0.429. The van der Waals surface area contributed by atoms with Crippen LogP contribution in [0.4, 0.5) is 5.69 Å². The number of H-pyrrole nitrogens is 1. The molecule has 4 atom stereocenters. The number of hydrogen-bond acceptors (Lipinski definition) is 8. The molecular weight excluding hydrogens is 306 g/mol. The van der Waals surface area contributed by atoms with Gasteiger partial charge in [-0.2, -0.15) is 0 Å². The zero-order valence-corrected chi connectivity index (χ0v) is 12.0. The molecule has 124 valence electrons. The maximum absolute atomic E-state index is 11.7. The number of anilines is 1. The monoisotopic (exact) mass is 323 g/mol. The standard InChI is InChI=1S/C14H17N3O6/c18-10-4-23-14(22,12(20)11(10)19)5-15-7-1-2-9-8(3-7)13(21)17-6-16-9/h1-3,6,10-12,15,18-20,22H,4-5H2,(H,16,17,21). The van der Waals surface area contributed by atoms with Gasteiger partial charge in [0.1, 0.15) is 18.3 Å². The van der Waals surface area contributed by atoms with Crippen LogP contribution in [-0.2, 0) is 4.74 Å². The molecule has 0 saturated carbocycles. The average Bonchev–Trinajstić information content (AvgIpc) is 2.56. The lowest BCUT2D eigenvalue weighted by Gasteiger charge is -2.41. The fourth-order valence-electron chi connectivity index (χ4n) is 2.45. The van der Waals surface area contributed by atoms with Crippen LogP contribution < -0.4 is 10.9 Å². The molecule has 9 heteroatoms. The molecule has 3 rings (SSSR count). The van der Waals surface area contributed by atoms with Gasteiger partial charge in [-0.25, -0.2) is 4.98 Å². The minimum absolute atomic E-state index is 0.248. The van der Waals surface area contributed by atoms with Crippen LogP contribution in [0.5, 0.6) is 0 Å². The van der Waals surface area contributed by atoms with Gasteiger partial charge in [-0.15, -0.1) is 0 Å². The Morgan fingerprint density at radius 1 is 1.39 bits per heavy atom. The van der Waals surface area contributed by atoms with Crippen LogP contribution in [0.3, 0.4) is 0 Å². The highest BCUT2D eigenvalue weighted by Gasteiger charge is 2.48. The van der Waals surface area contributed by atoms with Crippen LogP contribution in [0, 0.1) is 0 Å². The number of aliphatic hydroxyl groups excluding tert-OH is 3. The lowest BCUT2D eigenvalue weighted by Crippen LogP contribution is -2.63. The van der Waals surface area contributed by atoms with Gasteiger partial charge >= 0.3 is 0 Å². The second kappa shape index (κ2) is 5.87. The first-order valence-corrected chi connectivity index (χ1v) is 7.02. The summed E-state index contributed by atoms with van der Waals surface area (Å²) < 4.78 is 5.05. The van der Waals surface area contributed by atoms with Crippen LogP contribution in [0.1, 0.15) is 0 Å². The van der Waals surface area contributed by atoms with Gasteiger partial charge in [0.05, 0.1) is 30.4 Å². The van der Waals surface area contributed by atoms with E-state index in [1.807, 2.05) is 0 Å². The second-order valence-corrected chi connectivity index (χ2v) is 5.48. The summed E-state index contributed by atoms with van der Waals surface area (Å²) in [7, 11) is 0. The van der Waals surface area contributed by atoms with Crippen LogP contribution in [0.15, 0.2) is 29.3 Å². The quantitative estimate of drug-likeness (QED) is 0.385. The van der Waals surface area contributed by atoms with Crippen molar-refractivity contribution in [2.75, 3.05) is 18.5 Å². The number of fused-ring (bicyclic) bond motifs is 1. The molecule has 6 N–H and O–H groups in total. The van der Waals surface area contributed by atoms with Gasteiger partial charge in [0, 0.05) is 5.69 Å². The zero-order valence-electron chi connectivity index (χ0n) is 12.0. The smallest absolute Gasteiger partial charge is 0.258 e.